The molecule has 4 rings (SSSR count). The summed E-state index contributed by atoms with van der Waals surface area (Å²) in [6, 6.07) is 16.5. The highest BCUT2D eigenvalue weighted by Gasteiger charge is 2.31. The van der Waals surface area contributed by atoms with E-state index in [1.54, 1.807) is 11.8 Å². The summed E-state index contributed by atoms with van der Waals surface area (Å²) in [6.45, 7) is 6.21. The van der Waals surface area contributed by atoms with E-state index in [1.807, 2.05) is 35.9 Å². The number of aromatic nitrogens is 2. The smallest absolute Gasteiger partial charge is 0.235 e. The van der Waals surface area contributed by atoms with Gasteiger partial charge >= 0.3 is 0 Å². The lowest BCUT2D eigenvalue weighted by molar-refractivity contribution is -0.113. The Morgan fingerprint density at radius 3 is 2.46 bits per heavy atom. The molecule has 2 heterocycles. The molecule has 4 nitrogen and oxygen atoms in total. The van der Waals surface area contributed by atoms with Gasteiger partial charge in [0.15, 0.2) is 0 Å². The molecule has 0 unspecified atom stereocenters. The SMILES string of the molecule is Cc1ccccc1[C@H]1SCC(=O)Nc2c1c(C)nn2-c1ccccc1C. The molecule has 26 heavy (non-hydrogen) atoms. The van der Waals surface area contributed by atoms with E-state index >= 15 is 0 Å². The van der Waals surface area contributed by atoms with Crippen LogP contribution in [0.4, 0.5) is 5.82 Å². The zero-order valence-corrected chi connectivity index (χ0v) is 15.9. The van der Waals surface area contributed by atoms with Crippen LogP contribution >= 0.6 is 11.8 Å². The van der Waals surface area contributed by atoms with E-state index < -0.39 is 0 Å². The van der Waals surface area contributed by atoms with Gasteiger partial charge in [-0.3, -0.25) is 4.79 Å². The van der Waals surface area contributed by atoms with Gasteiger partial charge in [0.1, 0.15) is 5.82 Å². The number of anilines is 1. The zero-order valence-electron chi connectivity index (χ0n) is 15.1. The number of hydrogen-bond donors (Lipinski definition) is 1. The molecule has 0 bridgehead atoms. The van der Waals surface area contributed by atoms with Crippen LogP contribution in [0.3, 0.4) is 0 Å². The monoisotopic (exact) mass is 363 g/mol. The van der Waals surface area contributed by atoms with Crippen molar-refractivity contribution in [3.05, 3.63) is 76.5 Å². The topological polar surface area (TPSA) is 46.9 Å². The van der Waals surface area contributed by atoms with Gasteiger partial charge in [-0.25, -0.2) is 4.68 Å². The van der Waals surface area contributed by atoms with Gasteiger partial charge < -0.3 is 5.32 Å². The molecule has 0 saturated heterocycles. The van der Waals surface area contributed by atoms with Crippen molar-refractivity contribution in [1.29, 1.82) is 0 Å². The van der Waals surface area contributed by atoms with Crippen LogP contribution < -0.4 is 5.32 Å². The van der Waals surface area contributed by atoms with Crippen molar-refractivity contribution >= 4 is 23.5 Å². The number of carbonyl (C=O) groups is 1. The number of para-hydroxylation sites is 1. The quantitative estimate of drug-likeness (QED) is 0.725. The van der Waals surface area contributed by atoms with E-state index in [9.17, 15) is 4.79 Å². The molecule has 1 aliphatic heterocycles. The lowest BCUT2D eigenvalue weighted by Gasteiger charge is -2.17. The highest BCUT2D eigenvalue weighted by molar-refractivity contribution is 8.00. The van der Waals surface area contributed by atoms with Gasteiger partial charge in [-0.05, 0) is 43.5 Å². The first-order valence-electron chi connectivity index (χ1n) is 8.68. The molecule has 2 aromatic carbocycles. The average molecular weight is 363 g/mol. The fourth-order valence-electron chi connectivity index (χ4n) is 3.49. The predicted octanol–water partition coefficient (Wildman–Crippen LogP) is 4.57. The molecule has 1 aliphatic rings. The largest absolute Gasteiger partial charge is 0.310 e. The molecule has 1 atom stereocenters. The lowest BCUT2D eigenvalue weighted by atomic mass is 10.00. The third-order valence-corrected chi connectivity index (χ3v) is 6.07. The number of hydrogen-bond acceptors (Lipinski definition) is 3. The molecule has 0 fully saturated rings. The Hall–Kier alpha value is -2.53. The molecular formula is C21H21N3OS. The molecule has 1 N–H and O–H groups in total. The van der Waals surface area contributed by atoms with Crippen molar-refractivity contribution in [2.75, 3.05) is 11.1 Å². The number of nitrogens with one attached hydrogen (secondary N) is 1. The van der Waals surface area contributed by atoms with Gasteiger partial charge in [-0.15, -0.1) is 11.8 Å². The van der Waals surface area contributed by atoms with E-state index in [4.69, 9.17) is 5.10 Å². The standard InChI is InChI=1S/C21H21N3OS/c1-13-8-4-6-10-16(13)20-19-15(3)23-24(17-11-7-5-9-14(17)2)21(19)22-18(25)12-26-20/h4-11,20H,12H2,1-3H3,(H,22,25)/t20-/m1/s1. The molecule has 1 amide bonds. The Kier molecular flexibility index (Phi) is 4.32. The first kappa shape index (κ1) is 16.9. The first-order valence-corrected chi connectivity index (χ1v) is 9.73. The third-order valence-electron chi connectivity index (χ3n) is 4.82. The highest BCUT2D eigenvalue weighted by Crippen LogP contribution is 2.44. The number of rotatable bonds is 2. The number of amides is 1. The van der Waals surface area contributed by atoms with E-state index in [0.29, 0.717) is 5.75 Å². The Morgan fingerprint density at radius 1 is 1.04 bits per heavy atom. The molecule has 5 heteroatoms. The summed E-state index contributed by atoms with van der Waals surface area (Å²) in [5.41, 5.74) is 6.63. The van der Waals surface area contributed by atoms with Gasteiger partial charge in [0.25, 0.3) is 0 Å². The first-order chi connectivity index (χ1) is 12.6. The van der Waals surface area contributed by atoms with Crippen molar-refractivity contribution in [2.24, 2.45) is 0 Å². The minimum absolute atomic E-state index is 0.0158. The van der Waals surface area contributed by atoms with E-state index in [0.717, 1.165) is 28.3 Å². The summed E-state index contributed by atoms with van der Waals surface area (Å²) >= 11 is 1.66. The molecule has 3 aromatic rings. The summed E-state index contributed by atoms with van der Waals surface area (Å²) in [5.74, 6) is 1.24. The summed E-state index contributed by atoms with van der Waals surface area (Å²) < 4.78 is 1.88. The Balaban J connectivity index is 1.94. The van der Waals surface area contributed by atoms with E-state index in [-0.39, 0.29) is 11.2 Å². The van der Waals surface area contributed by atoms with Crippen LogP contribution in [0.5, 0.6) is 0 Å². The Bertz CT molecular complexity index is 993. The van der Waals surface area contributed by atoms with Crippen molar-refractivity contribution in [3.8, 4) is 5.69 Å². The van der Waals surface area contributed by atoms with Gasteiger partial charge in [-0.2, -0.15) is 5.10 Å². The summed E-state index contributed by atoms with van der Waals surface area (Å²) in [7, 11) is 0. The maximum Gasteiger partial charge on any atom is 0.235 e. The van der Waals surface area contributed by atoms with Gasteiger partial charge in [0.2, 0.25) is 5.91 Å². The average Bonchev–Trinajstić information content (AvgIpc) is 2.82. The normalized spacial score (nSPS) is 16.7. The lowest BCUT2D eigenvalue weighted by Crippen LogP contribution is -2.16. The highest BCUT2D eigenvalue weighted by atomic mass is 32.2. The zero-order chi connectivity index (χ0) is 18.3. The molecule has 0 radical (unpaired) electrons. The van der Waals surface area contributed by atoms with Crippen molar-refractivity contribution in [2.45, 2.75) is 26.0 Å². The second-order valence-corrected chi connectivity index (χ2v) is 7.74. The second-order valence-electron chi connectivity index (χ2n) is 6.64. The minimum atomic E-state index is 0.0158. The number of fused-ring (bicyclic) bond motifs is 1. The second kappa shape index (κ2) is 6.65. The number of thioether (sulfide) groups is 1. The maximum absolute atomic E-state index is 12.4. The predicted molar refractivity (Wildman–Crippen MR) is 107 cm³/mol. The number of benzene rings is 2. The summed E-state index contributed by atoms with van der Waals surface area (Å²) in [6.07, 6.45) is 0. The Morgan fingerprint density at radius 2 is 1.73 bits per heavy atom. The maximum atomic E-state index is 12.4. The third kappa shape index (κ3) is 2.82. The number of aryl methyl sites for hydroxylation is 3. The molecule has 132 valence electrons. The van der Waals surface area contributed by atoms with Crippen molar-refractivity contribution in [3.63, 3.8) is 0 Å². The fourth-order valence-corrected chi connectivity index (χ4v) is 4.77. The Labute approximate surface area is 157 Å². The number of carbonyl (C=O) groups excluding carboxylic acids is 1. The molecule has 0 saturated carbocycles. The van der Waals surface area contributed by atoms with Crippen LogP contribution in [0.1, 0.15) is 33.2 Å². The number of nitrogens with zero attached hydrogens (tertiary/aromatic N) is 2. The van der Waals surface area contributed by atoms with Gasteiger partial charge in [-0.1, -0.05) is 42.5 Å². The van der Waals surface area contributed by atoms with Crippen LogP contribution in [0, 0.1) is 20.8 Å². The fraction of sp³-hybridized carbons (Fsp3) is 0.238. The molecule has 0 aliphatic carbocycles. The van der Waals surface area contributed by atoms with Crippen molar-refractivity contribution in [1.82, 2.24) is 9.78 Å². The van der Waals surface area contributed by atoms with Crippen LogP contribution in [0.15, 0.2) is 48.5 Å². The van der Waals surface area contributed by atoms with Crippen LogP contribution in [0.25, 0.3) is 5.69 Å². The van der Waals surface area contributed by atoms with Gasteiger partial charge in [0, 0.05) is 5.56 Å². The van der Waals surface area contributed by atoms with Crippen LogP contribution in [-0.2, 0) is 4.79 Å². The molecular weight excluding hydrogens is 342 g/mol. The van der Waals surface area contributed by atoms with Gasteiger partial charge in [0.05, 0.1) is 22.4 Å². The van der Waals surface area contributed by atoms with Crippen LogP contribution in [0.2, 0.25) is 0 Å². The van der Waals surface area contributed by atoms with Crippen LogP contribution in [-0.4, -0.2) is 21.4 Å². The van der Waals surface area contributed by atoms with Crippen molar-refractivity contribution < 1.29 is 4.79 Å². The minimum Gasteiger partial charge on any atom is -0.310 e. The van der Waals surface area contributed by atoms with E-state index in [2.05, 4.69) is 43.4 Å². The summed E-state index contributed by atoms with van der Waals surface area (Å²) in [4.78, 5) is 12.4. The molecule has 1 aromatic heterocycles. The summed E-state index contributed by atoms with van der Waals surface area (Å²) in [5, 5.41) is 7.98. The van der Waals surface area contributed by atoms with E-state index in [1.165, 1.54) is 11.1 Å². The molecule has 0 spiro atoms.